The molecule has 2 saturated heterocycles. The number of phenolic OH excluding ortho intramolecular Hbond substituents is 1. The number of amides is 1. The van der Waals surface area contributed by atoms with Gasteiger partial charge in [-0.1, -0.05) is 19.3 Å². The number of phenols is 1. The van der Waals surface area contributed by atoms with Gasteiger partial charge in [0.25, 0.3) is 5.91 Å². The van der Waals surface area contributed by atoms with Crippen LogP contribution in [0.4, 0.5) is 5.69 Å². The molecule has 0 bridgehead atoms. The highest BCUT2D eigenvalue weighted by Crippen LogP contribution is 2.28. The van der Waals surface area contributed by atoms with Gasteiger partial charge in [-0.05, 0) is 113 Å². The van der Waals surface area contributed by atoms with Gasteiger partial charge in [0.15, 0.2) is 0 Å². The highest BCUT2D eigenvalue weighted by Gasteiger charge is 2.24. The molecule has 1 amide bonds. The molecule has 2 aliphatic rings. The third kappa shape index (κ3) is 12.3. The van der Waals surface area contributed by atoms with Gasteiger partial charge in [-0.2, -0.15) is 0 Å². The molecule has 0 radical (unpaired) electrons. The largest absolute Gasteiger partial charge is 0.508 e. The normalized spacial score (nSPS) is 15.7. The number of hydrogen-bond acceptors (Lipinski definition) is 7. The average Bonchev–Trinajstić information content (AvgIpc) is 3.00. The number of nitrogens with zero attached hydrogens (tertiary/aromatic N) is 3. The Hall–Kier alpha value is -3.39. The molecule has 0 aromatic heterocycles. The number of hydrogen-bond donors (Lipinski definition) is 1. The Bertz CT molecular complexity index is 996. The Morgan fingerprint density at radius 3 is 1.88 bits per heavy atom. The molecule has 8 nitrogen and oxygen atoms in total. The highest BCUT2D eigenvalue weighted by molar-refractivity contribution is 5.94. The van der Waals surface area contributed by atoms with Crippen LogP contribution < -0.4 is 9.64 Å². The smallest absolute Gasteiger partial charge is 0.253 e. The molecule has 2 aromatic carbocycles. The van der Waals surface area contributed by atoms with Crippen LogP contribution in [0.5, 0.6) is 11.5 Å². The first-order valence-electron chi connectivity index (χ1n) is 14.4. The number of aromatic hydroxyl groups is 1. The number of anilines is 1. The van der Waals surface area contributed by atoms with E-state index in [1.165, 1.54) is 58.0 Å². The molecule has 2 aliphatic heterocycles. The first-order valence-corrected chi connectivity index (χ1v) is 14.4. The summed E-state index contributed by atoms with van der Waals surface area (Å²) >= 11 is 0. The molecule has 0 atom stereocenters. The van der Waals surface area contributed by atoms with Crippen LogP contribution >= 0.6 is 0 Å². The molecule has 41 heavy (non-hydrogen) atoms. The molecule has 0 unspecified atom stereocenters. The fourth-order valence-corrected chi connectivity index (χ4v) is 5.42. The van der Waals surface area contributed by atoms with Crippen molar-refractivity contribution >= 4 is 25.2 Å². The van der Waals surface area contributed by atoms with Crippen molar-refractivity contribution in [1.82, 2.24) is 9.80 Å². The summed E-state index contributed by atoms with van der Waals surface area (Å²) in [7, 11) is 7.89. The van der Waals surface area contributed by atoms with E-state index in [0.29, 0.717) is 0 Å². The summed E-state index contributed by atoms with van der Waals surface area (Å²) in [6.07, 6.45) is 9.26. The van der Waals surface area contributed by atoms with Gasteiger partial charge in [-0.15, -0.1) is 0 Å². The van der Waals surface area contributed by atoms with Crippen molar-refractivity contribution in [1.29, 1.82) is 0 Å². The third-order valence-corrected chi connectivity index (χ3v) is 7.97. The van der Waals surface area contributed by atoms with E-state index in [-0.39, 0.29) is 11.7 Å². The molecule has 2 fully saturated rings. The van der Waals surface area contributed by atoms with Gasteiger partial charge in [0.05, 0.1) is 7.11 Å². The predicted octanol–water partition coefficient (Wildman–Crippen LogP) is 5.46. The monoisotopic (exact) mass is 569 g/mol. The first-order chi connectivity index (χ1) is 19.8. The summed E-state index contributed by atoms with van der Waals surface area (Å²) in [5.41, 5.74) is 2.90. The number of ether oxygens (including phenoxy) is 1. The number of methoxy groups -OCH3 is 1. The maximum atomic E-state index is 12.7. The summed E-state index contributed by atoms with van der Waals surface area (Å²) in [4.78, 5) is 35.3. The summed E-state index contributed by atoms with van der Waals surface area (Å²) in [6, 6.07) is 13.0. The van der Waals surface area contributed by atoms with Crippen LogP contribution in [0.25, 0.3) is 0 Å². The van der Waals surface area contributed by atoms with Gasteiger partial charge in [0.1, 0.15) is 25.1 Å². The molecule has 4 rings (SSSR count). The third-order valence-electron chi connectivity index (χ3n) is 7.97. The maximum Gasteiger partial charge on any atom is 0.253 e. The number of carbonyl (C=O) groups is 3. The second kappa shape index (κ2) is 19.6. The highest BCUT2D eigenvalue weighted by atomic mass is 16.5. The number of piperidine rings is 2. The SMILES string of the molecule is C=O.C=O.CN1CCC(CCCC2CCN(C(=O)c3ccc(N(C)C)cc3)CC2)CC1.COc1ccc(O)cc1C. The number of carbonyl (C=O) groups excluding carboxylic acids is 3. The predicted molar refractivity (Wildman–Crippen MR) is 167 cm³/mol. The van der Waals surface area contributed by atoms with Gasteiger partial charge >= 0.3 is 0 Å². The Kier molecular flexibility index (Phi) is 17.1. The van der Waals surface area contributed by atoms with Crippen molar-refractivity contribution in [2.75, 3.05) is 59.3 Å². The molecule has 2 heterocycles. The van der Waals surface area contributed by atoms with Crippen LogP contribution in [0.3, 0.4) is 0 Å². The second-order valence-electron chi connectivity index (χ2n) is 11.0. The number of aryl methyl sites for hydroxylation is 1. The lowest BCUT2D eigenvalue weighted by molar-refractivity contribution is -0.0987. The Morgan fingerprint density at radius 2 is 1.41 bits per heavy atom. The summed E-state index contributed by atoms with van der Waals surface area (Å²) < 4.78 is 4.99. The minimum absolute atomic E-state index is 0.199. The molecule has 0 aliphatic carbocycles. The van der Waals surface area contributed by atoms with Crippen molar-refractivity contribution in [3.8, 4) is 11.5 Å². The van der Waals surface area contributed by atoms with E-state index in [0.717, 1.165) is 47.5 Å². The zero-order chi connectivity index (χ0) is 30.8. The Morgan fingerprint density at radius 1 is 0.902 bits per heavy atom. The van der Waals surface area contributed by atoms with Crippen LogP contribution in [0, 0.1) is 18.8 Å². The fraction of sp³-hybridized carbons (Fsp3) is 0.545. The van der Waals surface area contributed by atoms with Crippen LogP contribution in [-0.2, 0) is 9.59 Å². The van der Waals surface area contributed by atoms with E-state index < -0.39 is 0 Å². The van der Waals surface area contributed by atoms with Gasteiger partial charge in [-0.3, -0.25) is 4.79 Å². The lowest BCUT2D eigenvalue weighted by Gasteiger charge is -2.33. The van der Waals surface area contributed by atoms with Crippen molar-refractivity contribution in [3.63, 3.8) is 0 Å². The lowest BCUT2D eigenvalue weighted by Crippen LogP contribution is -2.38. The lowest BCUT2D eigenvalue weighted by atomic mass is 9.87. The van der Waals surface area contributed by atoms with E-state index in [4.69, 9.17) is 19.4 Å². The molecule has 0 saturated carbocycles. The molecule has 8 heteroatoms. The molecule has 1 N–H and O–H groups in total. The van der Waals surface area contributed by atoms with Crippen LogP contribution in [0.1, 0.15) is 60.9 Å². The standard InChI is InChI=1S/C23H37N3O.C8H10O2.2CH2O/c1-24(2)22-9-7-21(8-10-22)23(27)26-17-13-20(14-18-26)6-4-5-19-11-15-25(3)16-12-19;1-6-5-7(9)3-4-8(6)10-2;2*1-2/h7-10,19-20H,4-6,11-18H2,1-3H3;3-5,9H,1-2H3;2*1H2. The summed E-state index contributed by atoms with van der Waals surface area (Å²) in [5.74, 6) is 3.05. The Balaban J connectivity index is 0.000000501. The topological polar surface area (TPSA) is 90.4 Å². The van der Waals surface area contributed by atoms with Crippen molar-refractivity contribution in [3.05, 3.63) is 53.6 Å². The van der Waals surface area contributed by atoms with E-state index in [1.807, 2.05) is 58.9 Å². The number of benzene rings is 2. The van der Waals surface area contributed by atoms with E-state index in [9.17, 15) is 4.79 Å². The minimum Gasteiger partial charge on any atom is -0.508 e. The minimum atomic E-state index is 0.199. The molecule has 0 spiro atoms. The van der Waals surface area contributed by atoms with Crippen LogP contribution in [0.2, 0.25) is 0 Å². The quantitative estimate of drug-likeness (QED) is 0.474. The summed E-state index contributed by atoms with van der Waals surface area (Å²) in [6.45, 7) is 10.3. The molecule has 228 valence electrons. The first kappa shape index (κ1) is 35.6. The molecular formula is C33H51N3O5. The maximum absolute atomic E-state index is 12.7. The van der Waals surface area contributed by atoms with Crippen LogP contribution in [-0.4, -0.2) is 88.8 Å². The molecule has 2 aromatic rings. The number of rotatable bonds is 7. The Labute approximate surface area is 247 Å². The zero-order valence-corrected chi connectivity index (χ0v) is 25.8. The van der Waals surface area contributed by atoms with Crippen molar-refractivity contribution in [2.45, 2.75) is 51.9 Å². The van der Waals surface area contributed by atoms with E-state index in [2.05, 4.69) is 21.7 Å². The van der Waals surface area contributed by atoms with Crippen LogP contribution in [0.15, 0.2) is 42.5 Å². The van der Waals surface area contributed by atoms with Crippen molar-refractivity contribution < 1.29 is 24.2 Å². The van der Waals surface area contributed by atoms with E-state index in [1.54, 1.807) is 25.3 Å². The van der Waals surface area contributed by atoms with Gasteiger partial charge < -0.3 is 34.1 Å². The summed E-state index contributed by atoms with van der Waals surface area (Å²) in [5, 5.41) is 8.98. The van der Waals surface area contributed by atoms with Gasteiger partial charge in [0, 0.05) is 38.4 Å². The molecular weight excluding hydrogens is 518 g/mol. The average molecular weight is 570 g/mol. The van der Waals surface area contributed by atoms with Gasteiger partial charge in [0.2, 0.25) is 0 Å². The second-order valence-corrected chi connectivity index (χ2v) is 11.0. The van der Waals surface area contributed by atoms with Gasteiger partial charge in [-0.25, -0.2) is 0 Å². The van der Waals surface area contributed by atoms with Crippen molar-refractivity contribution in [2.24, 2.45) is 11.8 Å². The zero-order valence-electron chi connectivity index (χ0n) is 25.8. The fourth-order valence-electron chi connectivity index (χ4n) is 5.42. The van der Waals surface area contributed by atoms with E-state index >= 15 is 0 Å². The number of likely N-dealkylation sites (tertiary alicyclic amines) is 2.